The molecule has 2 N–H and O–H groups in total. The van der Waals surface area contributed by atoms with Gasteiger partial charge in [0.2, 0.25) is 0 Å². The summed E-state index contributed by atoms with van der Waals surface area (Å²) in [6.07, 6.45) is 1.77. The normalized spacial score (nSPS) is 18.0. The Bertz CT molecular complexity index is 1150. The fourth-order valence-corrected chi connectivity index (χ4v) is 4.73. The Morgan fingerprint density at radius 1 is 1.10 bits per heavy atom. The minimum atomic E-state index is -0.677. The van der Waals surface area contributed by atoms with Crippen LogP contribution in [0.4, 0.5) is 5.69 Å². The average Bonchev–Trinajstić information content (AvgIpc) is 3.19. The van der Waals surface area contributed by atoms with Gasteiger partial charge in [-0.3, -0.25) is 19.8 Å². The molecule has 2 aromatic rings. The zero-order chi connectivity index (χ0) is 22.1. The topological polar surface area (TPSA) is 90.0 Å². The van der Waals surface area contributed by atoms with Crippen LogP contribution in [0.3, 0.4) is 0 Å². The number of aromatic hydroxyl groups is 1. The van der Waals surface area contributed by atoms with Crippen molar-refractivity contribution in [2.75, 3.05) is 11.4 Å². The minimum absolute atomic E-state index is 0.0113. The van der Waals surface area contributed by atoms with Crippen LogP contribution in [0.25, 0.3) is 5.57 Å². The first-order chi connectivity index (χ1) is 14.9. The second kappa shape index (κ2) is 8.52. The number of rotatable bonds is 5. The molecule has 1 fully saturated rings. The van der Waals surface area contributed by atoms with E-state index in [9.17, 15) is 19.5 Å². The number of thioether (sulfide) groups is 1. The number of nitrogens with zero attached hydrogens (tertiary/aromatic N) is 2. The van der Waals surface area contributed by atoms with Crippen LogP contribution >= 0.6 is 24.0 Å². The van der Waals surface area contributed by atoms with Crippen molar-refractivity contribution in [3.05, 3.63) is 64.6 Å². The quantitative estimate of drug-likeness (QED) is 0.532. The van der Waals surface area contributed by atoms with Gasteiger partial charge in [-0.1, -0.05) is 55.4 Å². The summed E-state index contributed by atoms with van der Waals surface area (Å²) in [6.45, 7) is 2.60. The van der Waals surface area contributed by atoms with Gasteiger partial charge in [-0.05, 0) is 36.8 Å². The number of thiocarbonyl (C=S) groups is 1. The van der Waals surface area contributed by atoms with Gasteiger partial charge >= 0.3 is 0 Å². The number of nitrogens with one attached hydrogen (secondary N) is 1. The van der Waals surface area contributed by atoms with Crippen molar-refractivity contribution in [2.45, 2.75) is 19.8 Å². The molecule has 3 amide bonds. The van der Waals surface area contributed by atoms with E-state index in [1.165, 1.54) is 12.1 Å². The third-order valence-electron chi connectivity index (χ3n) is 5.02. The van der Waals surface area contributed by atoms with Crippen LogP contribution in [0.15, 0.2) is 53.4 Å². The van der Waals surface area contributed by atoms with Gasteiger partial charge in [-0.25, -0.2) is 0 Å². The summed E-state index contributed by atoms with van der Waals surface area (Å²) in [5, 5.41) is 10.8. The molecule has 2 aromatic carbocycles. The van der Waals surface area contributed by atoms with E-state index >= 15 is 0 Å². The van der Waals surface area contributed by atoms with E-state index in [0.717, 1.165) is 35.3 Å². The van der Waals surface area contributed by atoms with Crippen LogP contribution in [0.2, 0.25) is 0 Å². The lowest BCUT2D eigenvalue weighted by atomic mass is 10.1. The molecule has 0 spiro atoms. The van der Waals surface area contributed by atoms with Crippen molar-refractivity contribution in [3.63, 3.8) is 0 Å². The number of hydrazine groups is 1. The molecule has 2 aliphatic heterocycles. The van der Waals surface area contributed by atoms with Gasteiger partial charge in [-0.2, -0.15) is 5.01 Å². The predicted octanol–water partition coefficient (Wildman–Crippen LogP) is 3.46. The van der Waals surface area contributed by atoms with Crippen LogP contribution in [0.5, 0.6) is 5.75 Å². The van der Waals surface area contributed by atoms with Gasteiger partial charge in [0, 0.05) is 12.1 Å². The van der Waals surface area contributed by atoms with Gasteiger partial charge in [0.1, 0.15) is 5.75 Å². The summed E-state index contributed by atoms with van der Waals surface area (Å²) in [4.78, 5) is 40.8. The highest BCUT2D eigenvalue weighted by atomic mass is 32.2. The van der Waals surface area contributed by atoms with E-state index in [1.807, 2.05) is 31.2 Å². The van der Waals surface area contributed by atoms with Crippen molar-refractivity contribution in [1.29, 1.82) is 0 Å². The SMILES string of the molecule is CCCCN1C(=O)/C(=C2\SC(=S)N(NC(=O)c3ccccc3O)C2=O)c2ccccc21. The van der Waals surface area contributed by atoms with Gasteiger partial charge in [-0.15, -0.1) is 0 Å². The van der Waals surface area contributed by atoms with E-state index in [4.69, 9.17) is 12.2 Å². The second-order valence-electron chi connectivity index (χ2n) is 7.00. The molecule has 0 aromatic heterocycles. The average molecular weight is 454 g/mol. The number of fused-ring (bicyclic) bond motifs is 1. The lowest BCUT2D eigenvalue weighted by molar-refractivity contribution is -0.124. The molecule has 7 nitrogen and oxygen atoms in total. The molecule has 31 heavy (non-hydrogen) atoms. The molecule has 0 atom stereocenters. The highest BCUT2D eigenvalue weighted by Gasteiger charge is 2.42. The molecule has 0 unspecified atom stereocenters. The number of anilines is 1. The first-order valence-corrected chi connectivity index (χ1v) is 11.0. The van der Waals surface area contributed by atoms with Gasteiger partial charge in [0.05, 0.1) is 21.7 Å². The Balaban J connectivity index is 1.67. The Labute approximate surface area is 188 Å². The molecule has 0 aliphatic carbocycles. The molecule has 0 bridgehead atoms. The first-order valence-electron chi connectivity index (χ1n) is 9.74. The van der Waals surface area contributed by atoms with Crippen LogP contribution in [-0.2, 0) is 9.59 Å². The van der Waals surface area contributed by atoms with E-state index < -0.39 is 11.8 Å². The second-order valence-corrected chi connectivity index (χ2v) is 8.64. The number of hydrogen-bond acceptors (Lipinski definition) is 6. The summed E-state index contributed by atoms with van der Waals surface area (Å²) < 4.78 is 0.105. The zero-order valence-corrected chi connectivity index (χ0v) is 18.3. The van der Waals surface area contributed by atoms with E-state index in [1.54, 1.807) is 17.0 Å². The summed E-state index contributed by atoms with van der Waals surface area (Å²) in [6, 6.07) is 13.3. The van der Waals surface area contributed by atoms with Crippen LogP contribution in [0.1, 0.15) is 35.7 Å². The number of benzene rings is 2. The summed E-state index contributed by atoms with van der Waals surface area (Å²) in [7, 11) is 0. The van der Waals surface area contributed by atoms with Crippen molar-refractivity contribution in [1.82, 2.24) is 10.4 Å². The molecule has 0 saturated carbocycles. The maximum atomic E-state index is 13.2. The fraction of sp³-hybridized carbons (Fsp3) is 0.182. The van der Waals surface area contributed by atoms with E-state index in [0.29, 0.717) is 17.7 Å². The predicted molar refractivity (Wildman–Crippen MR) is 123 cm³/mol. The highest BCUT2D eigenvalue weighted by molar-refractivity contribution is 8.26. The monoisotopic (exact) mass is 453 g/mol. The van der Waals surface area contributed by atoms with Crippen LogP contribution in [0, 0.1) is 0 Å². The zero-order valence-electron chi connectivity index (χ0n) is 16.6. The molecule has 1 saturated heterocycles. The lowest BCUT2D eigenvalue weighted by Crippen LogP contribution is -2.45. The number of amides is 3. The number of hydrogen-bond donors (Lipinski definition) is 2. The molecular formula is C22H19N3O4S2. The number of carbonyl (C=O) groups excluding carboxylic acids is 3. The number of unbranched alkanes of at least 4 members (excludes halogenated alkanes) is 1. The molecule has 9 heteroatoms. The van der Waals surface area contributed by atoms with Crippen molar-refractivity contribution in [3.8, 4) is 5.75 Å². The number of phenols is 1. The van der Waals surface area contributed by atoms with Gasteiger partial charge in [0.25, 0.3) is 17.7 Å². The third-order valence-corrected chi connectivity index (χ3v) is 6.39. The van der Waals surface area contributed by atoms with E-state index in [2.05, 4.69) is 5.43 Å². The van der Waals surface area contributed by atoms with Crippen LogP contribution in [-0.4, -0.2) is 38.7 Å². The standard InChI is InChI=1S/C22H19N3O4S2/c1-2-3-12-24-15-10-6-4-8-13(15)17(20(24)28)18-21(29)25(22(30)31-18)23-19(27)14-9-5-7-11-16(14)26/h4-11,26H,2-3,12H2,1H3,(H,23,27)/b18-17-. The molecule has 2 heterocycles. The third kappa shape index (κ3) is 3.70. The van der Waals surface area contributed by atoms with Crippen molar-refractivity contribution < 1.29 is 19.5 Å². The smallest absolute Gasteiger partial charge is 0.286 e. The Morgan fingerprint density at radius 3 is 2.55 bits per heavy atom. The summed E-state index contributed by atoms with van der Waals surface area (Å²) in [5.74, 6) is -1.71. The maximum absolute atomic E-state index is 13.2. The molecule has 0 radical (unpaired) electrons. The lowest BCUT2D eigenvalue weighted by Gasteiger charge is -2.16. The highest BCUT2D eigenvalue weighted by Crippen LogP contribution is 2.44. The fourth-order valence-electron chi connectivity index (χ4n) is 3.48. The summed E-state index contributed by atoms with van der Waals surface area (Å²) in [5.41, 5.74) is 4.18. The molecule has 158 valence electrons. The Hall–Kier alpha value is -3.17. The first kappa shape index (κ1) is 21.1. The largest absolute Gasteiger partial charge is 0.507 e. The van der Waals surface area contributed by atoms with Crippen molar-refractivity contribution >= 4 is 57.3 Å². The van der Waals surface area contributed by atoms with Gasteiger partial charge < -0.3 is 10.0 Å². The Kier molecular flexibility index (Phi) is 5.79. The summed E-state index contributed by atoms with van der Waals surface area (Å²) >= 11 is 6.28. The van der Waals surface area contributed by atoms with Crippen LogP contribution < -0.4 is 10.3 Å². The minimum Gasteiger partial charge on any atom is -0.507 e. The van der Waals surface area contributed by atoms with E-state index in [-0.39, 0.29) is 26.4 Å². The molecule has 4 rings (SSSR count). The number of phenolic OH excluding ortho intramolecular Hbond substituents is 1. The van der Waals surface area contributed by atoms with Gasteiger partial charge in [0.15, 0.2) is 4.32 Å². The molecule has 2 aliphatic rings. The molecular weight excluding hydrogens is 434 g/mol. The van der Waals surface area contributed by atoms with Crippen molar-refractivity contribution in [2.24, 2.45) is 0 Å². The Morgan fingerprint density at radius 2 is 1.81 bits per heavy atom. The number of carbonyl (C=O) groups is 3. The maximum Gasteiger partial charge on any atom is 0.286 e. The number of para-hydroxylation sites is 2.